The molecule has 3 rings (SSSR count). The van der Waals surface area contributed by atoms with Crippen LogP contribution in [0.2, 0.25) is 5.02 Å². The highest BCUT2D eigenvalue weighted by atomic mass is 35.5. The van der Waals surface area contributed by atoms with E-state index in [0.717, 1.165) is 4.68 Å². The van der Waals surface area contributed by atoms with E-state index >= 15 is 0 Å². The van der Waals surface area contributed by atoms with Gasteiger partial charge in [-0.1, -0.05) is 23.7 Å². The summed E-state index contributed by atoms with van der Waals surface area (Å²) in [5, 5.41) is 9.70. The number of hydrogen-bond donors (Lipinski definition) is 1. The molecule has 1 amide bonds. The number of nitrogens with one attached hydrogen (secondary N) is 1. The Hall–Kier alpha value is -2.88. The second-order valence-electron chi connectivity index (χ2n) is 6.30. The number of hydrogen-bond acceptors (Lipinski definition) is 3. The molecular weight excluding hydrogens is 414 g/mol. The third-order valence-electron chi connectivity index (χ3n) is 4.09. The zero-order chi connectivity index (χ0) is 21.2. The van der Waals surface area contributed by atoms with Gasteiger partial charge in [0.25, 0.3) is 0 Å². The predicted octanol–water partition coefficient (Wildman–Crippen LogP) is 4.28. The molecule has 0 fully saturated rings. The van der Waals surface area contributed by atoms with Gasteiger partial charge < -0.3 is 5.32 Å². The van der Waals surface area contributed by atoms with E-state index in [4.69, 9.17) is 11.6 Å². The summed E-state index contributed by atoms with van der Waals surface area (Å²) in [5.74, 6) is -0.524. The number of rotatable bonds is 6. The van der Waals surface area contributed by atoms with E-state index in [0.29, 0.717) is 12.1 Å². The Kier molecular flexibility index (Phi) is 5.92. The van der Waals surface area contributed by atoms with Gasteiger partial charge in [0.2, 0.25) is 5.91 Å². The summed E-state index contributed by atoms with van der Waals surface area (Å²) in [7, 11) is 0. The van der Waals surface area contributed by atoms with Gasteiger partial charge in [0.1, 0.15) is 5.82 Å². The highest BCUT2D eigenvalue weighted by Crippen LogP contribution is 2.35. The molecule has 2 aromatic heterocycles. The lowest BCUT2D eigenvalue weighted by Crippen LogP contribution is -2.16. The molecule has 1 N–H and O–H groups in total. The zero-order valence-electron chi connectivity index (χ0n) is 15.2. The Bertz CT molecular complexity index is 1030. The second kappa shape index (κ2) is 8.24. The molecule has 0 atom stereocenters. The van der Waals surface area contributed by atoms with Crippen molar-refractivity contribution in [1.29, 1.82) is 0 Å². The lowest BCUT2D eigenvalue weighted by molar-refractivity contribution is -0.141. The van der Waals surface area contributed by atoms with Crippen LogP contribution in [0.5, 0.6) is 0 Å². The molecule has 0 saturated carbocycles. The van der Waals surface area contributed by atoms with Crippen LogP contribution >= 0.6 is 11.6 Å². The minimum Gasteiger partial charge on any atom is -0.309 e. The molecule has 11 heteroatoms. The van der Waals surface area contributed by atoms with Gasteiger partial charge in [0.05, 0.1) is 23.8 Å². The number of aromatic nitrogens is 4. The van der Waals surface area contributed by atoms with Crippen molar-refractivity contribution in [3.8, 4) is 0 Å². The monoisotopic (exact) mass is 429 g/mol. The summed E-state index contributed by atoms with van der Waals surface area (Å²) >= 11 is 5.68. The van der Waals surface area contributed by atoms with Crippen LogP contribution in [-0.2, 0) is 24.1 Å². The van der Waals surface area contributed by atoms with Crippen LogP contribution in [0.4, 0.5) is 23.4 Å². The van der Waals surface area contributed by atoms with Crippen molar-refractivity contribution in [3.05, 3.63) is 64.3 Å². The first kappa shape index (κ1) is 20.8. The fraction of sp³-hybridized carbons (Fsp3) is 0.278. The summed E-state index contributed by atoms with van der Waals surface area (Å²) in [5.41, 5.74) is -0.336. The van der Waals surface area contributed by atoms with Crippen molar-refractivity contribution in [2.24, 2.45) is 0 Å². The van der Waals surface area contributed by atoms with Gasteiger partial charge in [-0.3, -0.25) is 14.2 Å². The maximum absolute atomic E-state index is 13.2. The molecule has 0 bridgehead atoms. The number of carbonyl (C=O) groups is 1. The maximum Gasteiger partial charge on any atom is 0.436 e. The normalized spacial score (nSPS) is 11.7. The molecule has 0 unspecified atom stereocenters. The van der Waals surface area contributed by atoms with Gasteiger partial charge in [-0.05, 0) is 24.6 Å². The Morgan fingerprint density at radius 2 is 2.00 bits per heavy atom. The molecule has 3 aromatic rings. The van der Waals surface area contributed by atoms with Gasteiger partial charge in [0, 0.05) is 18.7 Å². The van der Waals surface area contributed by atoms with Crippen LogP contribution < -0.4 is 5.32 Å². The molecule has 29 heavy (non-hydrogen) atoms. The number of carbonyl (C=O) groups excluding carboxylic acids is 1. The Morgan fingerprint density at radius 1 is 1.24 bits per heavy atom. The van der Waals surface area contributed by atoms with Gasteiger partial charge in [-0.2, -0.15) is 23.4 Å². The average molecular weight is 430 g/mol. The second-order valence-corrected chi connectivity index (χ2v) is 6.67. The number of aryl methyl sites for hydroxylation is 1. The topological polar surface area (TPSA) is 64.7 Å². The van der Waals surface area contributed by atoms with Gasteiger partial charge in [-0.15, -0.1) is 0 Å². The summed E-state index contributed by atoms with van der Waals surface area (Å²) < 4.78 is 54.3. The number of halogens is 5. The molecule has 6 nitrogen and oxygen atoms in total. The van der Waals surface area contributed by atoms with Gasteiger partial charge >= 0.3 is 6.18 Å². The van der Waals surface area contributed by atoms with Crippen molar-refractivity contribution in [3.63, 3.8) is 0 Å². The maximum atomic E-state index is 13.2. The first-order valence-corrected chi connectivity index (χ1v) is 8.89. The molecule has 0 radical (unpaired) electrons. The lowest BCUT2D eigenvalue weighted by Gasteiger charge is -2.05. The first-order valence-electron chi connectivity index (χ1n) is 8.51. The molecule has 1 aromatic carbocycles. The van der Waals surface area contributed by atoms with Gasteiger partial charge in [-0.25, -0.2) is 4.39 Å². The van der Waals surface area contributed by atoms with Crippen LogP contribution in [0.15, 0.2) is 36.5 Å². The quantitative estimate of drug-likeness (QED) is 0.595. The number of anilines is 1. The molecular formula is C18H16ClF4N5O. The van der Waals surface area contributed by atoms with Crippen LogP contribution in [-0.4, -0.2) is 25.5 Å². The van der Waals surface area contributed by atoms with Crippen molar-refractivity contribution >= 4 is 23.3 Å². The molecule has 0 saturated heterocycles. The molecule has 2 heterocycles. The number of amides is 1. The Balaban J connectivity index is 1.57. The van der Waals surface area contributed by atoms with Crippen LogP contribution in [0.1, 0.15) is 23.4 Å². The summed E-state index contributed by atoms with van der Waals surface area (Å²) in [6.45, 7) is 1.65. The highest BCUT2D eigenvalue weighted by molar-refractivity contribution is 6.31. The SMILES string of the molecule is Cc1c(Cl)c(C(F)(F)F)nn1CCC(=O)Nc1ccn(Cc2cccc(F)c2)n1. The minimum absolute atomic E-state index is 0.0720. The van der Waals surface area contributed by atoms with Gasteiger partial charge in [0.15, 0.2) is 11.5 Å². The van der Waals surface area contributed by atoms with Crippen LogP contribution in [0.3, 0.4) is 0 Å². The predicted molar refractivity (Wildman–Crippen MR) is 98.0 cm³/mol. The first-order chi connectivity index (χ1) is 13.6. The molecule has 0 spiro atoms. The zero-order valence-corrected chi connectivity index (χ0v) is 15.9. The molecule has 0 aliphatic rings. The largest absolute Gasteiger partial charge is 0.436 e. The van der Waals surface area contributed by atoms with E-state index in [9.17, 15) is 22.4 Å². The van der Waals surface area contributed by atoms with Crippen LogP contribution in [0, 0.1) is 12.7 Å². The summed E-state index contributed by atoms with van der Waals surface area (Å²) in [4.78, 5) is 12.1. The Labute approximate surface area is 168 Å². The van der Waals surface area contributed by atoms with Crippen molar-refractivity contribution < 1.29 is 22.4 Å². The summed E-state index contributed by atoms with van der Waals surface area (Å²) in [6.07, 6.45) is -3.16. The highest BCUT2D eigenvalue weighted by Gasteiger charge is 2.38. The molecule has 0 aliphatic carbocycles. The number of benzene rings is 1. The molecule has 0 aliphatic heterocycles. The third kappa shape index (κ3) is 5.14. The van der Waals surface area contributed by atoms with E-state index in [2.05, 4.69) is 15.5 Å². The third-order valence-corrected chi connectivity index (χ3v) is 4.55. The van der Waals surface area contributed by atoms with Crippen LogP contribution in [0.25, 0.3) is 0 Å². The number of alkyl halides is 3. The standard InChI is InChI=1S/C18H16ClF4N5O/c1-11-16(19)17(18(21,22)23)26-28(11)8-6-15(29)24-14-5-7-27(25-14)10-12-3-2-4-13(20)9-12/h2-5,7,9H,6,8,10H2,1H3,(H,24,25,29). The smallest absolute Gasteiger partial charge is 0.309 e. The van der Waals surface area contributed by atoms with E-state index < -0.39 is 22.8 Å². The van der Waals surface area contributed by atoms with Crippen molar-refractivity contribution in [2.45, 2.75) is 32.6 Å². The average Bonchev–Trinajstić information content (AvgIpc) is 3.18. The molecule has 154 valence electrons. The van der Waals surface area contributed by atoms with E-state index in [-0.39, 0.29) is 30.3 Å². The minimum atomic E-state index is -4.66. The van der Waals surface area contributed by atoms with Crippen molar-refractivity contribution in [1.82, 2.24) is 19.6 Å². The van der Waals surface area contributed by atoms with E-state index in [1.807, 2.05) is 0 Å². The van der Waals surface area contributed by atoms with E-state index in [1.165, 1.54) is 23.7 Å². The van der Waals surface area contributed by atoms with E-state index in [1.54, 1.807) is 24.4 Å². The summed E-state index contributed by atoms with van der Waals surface area (Å²) in [6, 6.07) is 7.62. The lowest BCUT2D eigenvalue weighted by atomic mass is 10.2. The fourth-order valence-corrected chi connectivity index (χ4v) is 2.92. The Morgan fingerprint density at radius 3 is 2.66 bits per heavy atom. The van der Waals surface area contributed by atoms with Crippen molar-refractivity contribution in [2.75, 3.05) is 5.32 Å². The fourth-order valence-electron chi connectivity index (χ4n) is 2.67. The number of nitrogens with zero attached hydrogens (tertiary/aromatic N) is 4.